The lowest BCUT2D eigenvalue weighted by atomic mass is 10.1. The predicted molar refractivity (Wildman–Crippen MR) is 74.6 cm³/mol. The Morgan fingerprint density at radius 3 is 2.68 bits per heavy atom. The topological polar surface area (TPSA) is 42.4 Å². The maximum absolute atomic E-state index is 14.1. The summed E-state index contributed by atoms with van der Waals surface area (Å²) in [6, 6.07) is 6.70. The Morgan fingerprint density at radius 1 is 1.37 bits per heavy atom. The van der Waals surface area contributed by atoms with E-state index >= 15 is 0 Å². The molecule has 1 aromatic heterocycles. The molecule has 0 amide bonds. The molecule has 0 bridgehead atoms. The molecule has 0 unspecified atom stereocenters. The van der Waals surface area contributed by atoms with E-state index in [1.807, 2.05) is 37.9 Å². The third-order valence-electron chi connectivity index (χ3n) is 3.26. The van der Waals surface area contributed by atoms with E-state index in [1.165, 1.54) is 6.07 Å². The van der Waals surface area contributed by atoms with Crippen LogP contribution in [0.15, 0.2) is 34.9 Å². The molecular formula is C15H19FN2O. The molecule has 2 N–H and O–H groups in total. The van der Waals surface area contributed by atoms with E-state index in [0.29, 0.717) is 12.2 Å². The SMILES string of the molecule is Cc1occc1CN(C)c1c(F)cccc1[C@H](C)N. The van der Waals surface area contributed by atoms with Crippen LogP contribution in [-0.4, -0.2) is 7.05 Å². The highest BCUT2D eigenvalue weighted by molar-refractivity contribution is 5.56. The molecule has 0 saturated carbocycles. The number of furan rings is 1. The second-order valence-corrected chi connectivity index (χ2v) is 4.82. The van der Waals surface area contributed by atoms with Crippen LogP contribution in [0.1, 0.15) is 29.9 Å². The zero-order chi connectivity index (χ0) is 14.0. The number of para-hydroxylation sites is 1. The minimum atomic E-state index is -0.251. The molecule has 0 aliphatic rings. The fourth-order valence-electron chi connectivity index (χ4n) is 2.21. The average molecular weight is 262 g/mol. The van der Waals surface area contributed by atoms with Crippen LogP contribution in [0.4, 0.5) is 10.1 Å². The highest BCUT2D eigenvalue weighted by atomic mass is 19.1. The van der Waals surface area contributed by atoms with Gasteiger partial charge < -0.3 is 15.1 Å². The smallest absolute Gasteiger partial charge is 0.146 e. The van der Waals surface area contributed by atoms with Gasteiger partial charge in [0.25, 0.3) is 0 Å². The molecule has 0 saturated heterocycles. The lowest BCUT2D eigenvalue weighted by Gasteiger charge is -2.24. The molecule has 4 heteroatoms. The Hall–Kier alpha value is -1.81. The van der Waals surface area contributed by atoms with Gasteiger partial charge in [0.15, 0.2) is 0 Å². The monoisotopic (exact) mass is 262 g/mol. The first-order chi connectivity index (χ1) is 9.00. The number of benzene rings is 1. The molecule has 0 aliphatic carbocycles. The fraction of sp³-hybridized carbons (Fsp3) is 0.333. The van der Waals surface area contributed by atoms with Gasteiger partial charge in [0.05, 0.1) is 12.0 Å². The summed E-state index contributed by atoms with van der Waals surface area (Å²) >= 11 is 0. The van der Waals surface area contributed by atoms with Crippen LogP contribution < -0.4 is 10.6 Å². The molecule has 3 nitrogen and oxygen atoms in total. The molecule has 0 radical (unpaired) electrons. The molecule has 0 aliphatic heterocycles. The van der Waals surface area contributed by atoms with E-state index in [2.05, 4.69) is 0 Å². The Morgan fingerprint density at radius 2 is 2.11 bits per heavy atom. The van der Waals surface area contributed by atoms with Crippen molar-refractivity contribution >= 4 is 5.69 Å². The average Bonchev–Trinajstić information content (AvgIpc) is 2.74. The molecule has 2 rings (SSSR count). The summed E-state index contributed by atoms with van der Waals surface area (Å²) in [7, 11) is 1.86. The summed E-state index contributed by atoms with van der Waals surface area (Å²) in [6.07, 6.45) is 1.65. The van der Waals surface area contributed by atoms with Gasteiger partial charge in [0.2, 0.25) is 0 Å². The Bertz CT molecular complexity index is 563. The van der Waals surface area contributed by atoms with Gasteiger partial charge in [-0.2, -0.15) is 0 Å². The van der Waals surface area contributed by atoms with Crippen molar-refractivity contribution in [2.75, 3.05) is 11.9 Å². The highest BCUT2D eigenvalue weighted by Crippen LogP contribution is 2.29. The van der Waals surface area contributed by atoms with E-state index in [4.69, 9.17) is 10.2 Å². The number of rotatable bonds is 4. The van der Waals surface area contributed by atoms with Crippen molar-refractivity contribution in [1.82, 2.24) is 0 Å². The van der Waals surface area contributed by atoms with E-state index < -0.39 is 0 Å². The summed E-state index contributed by atoms with van der Waals surface area (Å²) in [5, 5.41) is 0. The van der Waals surface area contributed by atoms with Gasteiger partial charge in [-0.25, -0.2) is 4.39 Å². The van der Waals surface area contributed by atoms with Gasteiger partial charge in [0.1, 0.15) is 11.6 Å². The minimum Gasteiger partial charge on any atom is -0.469 e. The number of nitrogens with two attached hydrogens (primary N) is 1. The maximum Gasteiger partial charge on any atom is 0.146 e. The molecule has 0 spiro atoms. The maximum atomic E-state index is 14.1. The molecule has 1 atom stereocenters. The third-order valence-corrected chi connectivity index (χ3v) is 3.26. The number of anilines is 1. The van der Waals surface area contributed by atoms with Crippen LogP contribution in [0, 0.1) is 12.7 Å². The Kier molecular flexibility index (Phi) is 3.90. The molecular weight excluding hydrogens is 243 g/mol. The van der Waals surface area contributed by atoms with Crippen molar-refractivity contribution in [1.29, 1.82) is 0 Å². The fourth-order valence-corrected chi connectivity index (χ4v) is 2.21. The number of hydrogen-bond donors (Lipinski definition) is 1. The summed E-state index contributed by atoms with van der Waals surface area (Å²) in [6.45, 7) is 4.34. The molecule has 2 aromatic rings. The van der Waals surface area contributed by atoms with Gasteiger partial charge in [-0.3, -0.25) is 0 Å². The number of halogens is 1. The van der Waals surface area contributed by atoms with Crippen molar-refractivity contribution in [2.45, 2.75) is 26.4 Å². The minimum absolute atomic E-state index is 0.210. The van der Waals surface area contributed by atoms with Crippen molar-refractivity contribution in [2.24, 2.45) is 5.73 Å². The van der Waals surface area contributed by atoms with Crippen LogP contribution in [0.5, 0.6) is 0 Å². The Balaban J connectivity index is 2.33. The molecule has 102 valence electrons. The quantitative estimate of drug-likeness (QED) is 0.918. The van der Waals surface area contributed by atoms with Crippen LogP contribution in [-0.2, 0) is 6.54 Å². The summed E-state index contributed by atoms with van der Waals surface area (Å²) in [5.74, 6) is 0.601. The van der Waals surface area contributed by atoms with Crippen LogP contribution in [0.2, 0.25) is 0 Å². The van der Waals surface area contributed by atoms with E-state index in [0.717, 1.165) is 16.9 Å². The van der Waals surface area contributed by atoms with Crippen LogP contribution in [0.25, 0.3) is 0 Å². The zero-order valence-electron chi connectivity index (χ0n) is 11.5. The largest absolute Gasteiger partial charge is 0.469 e. The lowest BCUT2D eigenvalue weighted by Crippen LogP contribution is -2.21. The summed E-state index contributed by atoms with van der Waals surface area (Å²) in [4.78, 5) is 1.87. The first-order valence-corrected chi connectivity index (χ1v) is 6.28. The molecule has 1 aromatic carbocycles. The van der Waals surface area contributed by atoms with E-state index in [9.17, 15) is 4.39 Å². The van der Waals surface area contributed by atoms with Crippen LogP contribution in [0.3, 0.4) is 0 Å². The first-order valence-electron chi connectivity index (χ1n) is 6.28. The number of nitrogens with zero attached hydrogens (tertiary/aromatic N) is 1. The van der Waals surface area contributed by atoms with Gasteiger partial charge in [-0.05, 0) is 31.5 Å². The molecule has 0 fully saturated rings. The second kappa shape index (κ2) is 5.45. The van der Waals surface area contributed by atoms with Gasteiger partial charge in [0, 0.05) is 25.2 Å². The lowest BCUT2D eigenvalue weighted by molar-refractivity contribution is 0.529. The van der Waals surface area contributed by atoms with Gasteiger partial charge >= 0.3 is 0 Å². The standard InChI is InChI=1S/C15H19FN2O/c1-10(17)13-5-4-6-14(16)15(13)18(3)9-12-7-8-19-11(12)2/h4-8,10H,9,17H2,1-3H3/t10-/m0/s1. The van der Waals surface area contributed by atoms with Crippen molar-refractivity contribution in [3.05, 3.63) is 53.2 Å². The van der Waals surface area contributed by atoms with E-state index in [1.54, 1.807) is 12.3 Å². The second-order valence-electron chi connectivity index (χ2n) is 4.82. The zero-order valence-corrected chi connectivity index (χ0v) is 11.5. The van der Waals surface area contributed by atoms with Crippen molar-refractivity contribution in [3.63, 3.8) is 0 Å². The van der Waals surface area contributed by atoms with Gasteiger partial charge in [-0.15, -0.1) is 0 Å². The van der Waals surface area contributed by atoms with Gasteiger partial charge in [-0.1, -0.05) is 12.1 Å². The normalized spacial score (nSPS) is 12.5. The predicted octanol–water partition coefficient (Wildman–Crippen LogP) is 3.38. The Labute approximate surface area is 112 Å². The third kappa shape index (κ3) is 2.79. The molecule has 1 heterocycles. The summed E-state index contributed by atoms with van der Waals surface area (Å²) < 4.78 is 19.3. The first kappa shape index (κ1) is 13.6. The van der Waals surface area contributed by atoms with E-state index in [-0.39, 0.29) is 11.9 Å². The molecule has 19 heavy (non-hydrogen) atoms. The highest BCUT2D eigenvalue weighted by Gasteiger charge is 2.16. The van der Waals surface area contributed by atoms with Crippen molar-refractivity contribution < 1.29 is 8.81 Å². The summed E-state index contributed by atoms with van der Waals surface area (Å²) in [5.41, 5.74) is 8.32. The number of hydrogen-bond acceptors (Lipinski definition) is 3. The van der Waals surface area contributed by atoms with Crippen LogP contribution >= 0.6 is 0 Å². The number of aryl methyl sites for hydroxylation is 1. The van der Waals surface area contributed by atoms with Crippen molar-refractivity contribution in [3.8, 4) is 0 Å².